The molecule has 5 heteroatoms. The highest BCUT2D eigenvalue weighted by Gasteiger charge is 2.22. The van der Waals surface area contributed by atoms with Crippen molar-refractivity contribution >= 4 is 27.2 Å². The Morgan fingerprint density at radius 1 is 1.15 bits per heavy atom. The van der Waals surface area contributed by atoms with Gasteiger partial charge in [-0.05, 0) is 32.3 Å². The quantitative estimate of drug-likeness (QED) is 0.679. The normalized spacial score (nSPS) is 17.3. The van der Waals surface area contributed by atoms with Crippen LogP contribution in [-0.4, -0.2) is 19.6 Å². The van der Waals surface area contributed by atoms with Crippen LogP contribution in [0.4, 0.5) is 0 Å². The molecule has 3 aromatic rings. The lowest BCUT2D eigenvalue weighted by Crippen LogP contribution is -2.08. The van der Waals surface area contributed by atoms with Gasteiger partial charge in [0.2, 0.25) is 0 Å². The van der Waals surface area contributed by atoms with Crippen LogP contribution < -0.4 is 0 Å². The fourth-order valence-electron chi connectivity index (χ4n) is 3.30. The van der Waals surface area contributed by atoms with E-state index >= 15 is 0 Å². The first-order chi connectivity index (χ1) is 9.75. The summed E-state index contributed by atoms with van der Waals surface area (Å²) in [5.74, 6) is 1.66. The van der Waals surface area contributed by atoms with E-state index in [1.54, 1.807) is 11.3 Å². The third kappa shape index (κ3) is 1.69. The van der Waals surface area contributed by atoms with Gasteiger partial charge in [-0.25, -0.2) is 4.98 Å². The van der Waals surface area contributed by atoms with Gasteiger partial charge in [0.25, 0.3) is 0 Å². The second kappa shape index (κ2) is 4.52. The molecular formula is C15H18N4S. The molecule has 0 spiro atoms. The molecule has 20 heavy (non-hydrogen) atoms. The van der Waals surface area contributed by atoms with Crippen LogP contribution in [0, 0.1) is 13.8 Å². The van der Waals surface area contributed by atoms with Crippen molar-refractivity contribution in [1.82, 2.24) is 19.6 Å². The van der Waals surface area contributed by atoms with Crippen molar-refractivity contribution in [2.45, 2.75) is 51.9 Å². The Morgan fingerprint density at radius 2 is 1.95 bits per heavy atom. The maximum Gasteiger partial charge on any atom is 0.172 e. The van der Waals surface area contributed by atoms with Gasteiger partial charge in [0.1, 0.15) is 17.0 Å². The van der Waals surface area contributed by atoms with Crippen molar-refractivity contribution < 1.29 is 0 Å². The molecule has 0 amide bonds. The largest absolute Gasteiger partial charge is 0.268 e. The number of hydrogen-bond donors (Lipinski definition) is 0. The van der Waals surface area contributed by atoms with E-state index in [0.717, 1.165) is 16.3 Å². The molecule has 0 saturated heterocycles. The van der Waals surface area contributed by atoms with Gasteiger partial charge in [0, 0.05) is 10.8 Å². The van der Waals surface area contributed by atoms with E-state index in [9.17, 15) is 0 Å². The van der Waals surface area contributed by atoms with E-state index in [1.807, 2.05) is 6.33 Å². The number of fused-ring (bicyclic) bond motifs is 3. The summed E-state index contributed by atoms with van der Waals surface area (Å²) in [4.78, 5) is 7.02. The van der Waals surface area contributed by atoms with Crippen molar-refractivity contribution in [2.75, 3.05) is 0 Å². The molecule has 1 aliphatic rings. The average Bonchev–Trinajstić information content (AvgIpc) is 3.02. The zero-order valence-corrected chi connectivity index (χ0v) is 12.7. The van der Waals surface area contributed by atoms with Crippen LogP contribution in [0.5, 0.6) is 0 Å². The van der Waals surface area contributed by atoms with Gasteiger partial charge in [0.15, 0.2) is 5.65 Å². The lowest BCUT2D eigenvalue weighted by molar-refractivity contribution is 0.426. The van der Waals surface area contributed by atoms with Crippen LogP contribution in [0.3, 0.4) is 0 Å². The molecule has 4 rings (SSSR count). The van der Waals surface area contributed by atoms with Gasteiger partial charge in [-0.2, -0.15) is 0 Å². The summed E-state index contributed by atoms with van der Waals surface area (Å²) in [5.41, 5.74) is 2.28. The van der Waals surface area contributed by atoms with E-state index in [-0.39, 0.29) is 0 Å². The van der Waals surface area contributed by atoms with Crippen LogP contribution in [0.1, 0.15) is 54.3 Å². The van der Waals surface area contributed by atoms with E-state index in [4.69, 9.17) is 0 Å². The maximum atomic E-state index is 4.62. The van der Waals surface area contributed by atoms with Gasteiger partial charge < -0.3 is 0 Å². The fraction of sp³-hybridized carbons (Fsp3) is 0.533. The number of thiophene rings is 1. The number of aryl methyl sites for hydroxylation is 2. The van der Waals surface area contributed by atoms with Gasteiger partial charge >= 0.3 is 0 Å². The summed E-state index contributed by atoms with van der Waals surface area (Å²) in [6, 6.07) is 0. The molecule has 0 atom stereocenters. The minimum absolute atomic E-state index is 0.554. The number of nitrogens with zero attached hydrogens (tertiary/aromatic N) is 4. The van der Waals surface area contributed by atoms with E-state index in [2.05, 4.69) is 33.4 Å². The molecule has 1 fully saturated rings. The number of rotatable bonds is 1. The molecule has 0 N–H and O–H groups in total. The Hall–Kier alpha value is -1.49. The first-order valence-corrected chi connectivity index (χ1v) is 8.16. The van der Waals surface area contributed by atoms with E-state index < -0.39 is 0 Å². The highest BCUT2D eigenvalue weighted by atomic mass is 32.1. The average molecular weight is 286 g/mol. The van der Waals surface area contributed by atoms with Crippen molar-refractivity contribution in [3.63, 3.8) is 0 Å². The van der Waals surface area contributed by atoms with Crippen LogP contribution in [0.25, 0.3) is 15.9 Å². The fourth-order valence-corrected chi connectivity index (χ4v) is 4.29. The summed E-state index contributed by atoms with van der Waals surface area (Å²) in [5, 5.41) is 10.2. The number of hydrogen-bond acceptors (Lipinski definition) is 4. The van der Waals surface area contributed by atoms with Crippen LogP contribution >= 0.6 is 11.3 Å². The monoisotopic (exact) mass is 286 g/mol. The molecule has 3 aromatic heterocycles. The minimum atomic E-state index is 0.554. The zero-order chi connectivity index (χ0) is 13.7. The molecule has 1 aliphatic carbocycles. The Labute approximate surface area is 121 Å². The topological polar surface area (TPSA) is 43.1 Å². The van der Waals surface area contributed by atoms with Crippen LogP contribution in [-0.2, 0) is 0 Å². The van der Waals surface area contributed by atoms with Gasteiger partial charge in [0.05, 0.1) is 5.39 Å². The molecule has 0 aliphatic heterocycles. The summed E-state index contributed by atoms with van der Waals surface area (Å²) in [6.07, 6.45) is 8.37. The smallest absolute Gasteiger partial charge is 0.172 e. The molecule has 104 valence electrons. The summed E-state index contributed by atoms with van der Waals surface area (Å²) in [6.45, 7) is 4.31. The van der Waals surface area contributed by atoms with Crippen molar-refractivity contribution in [2.24, 2.45) is 0 Å². The summed E-state index contributed by atoms with van der Waals surface area (Å²) < 4.78 is 2.12. The molecule has 0 aromatic carbocycles. The predicted octanol–water partition coefficient (Wildman–Crippen LogP) is 4.00. The second-order valence-electron chi connectivity index (χ2n) is 5.79. The Bertz CT molecular complexity index is 780. The highest BCUT2D eigenvalue weighted by Crippen LogP contribution is 2.35. The van der Waals surface area contributed by atoms with Crippen LogP contribution in [0.15, 0.2) is 6.33 Å². The predicted molar refractivity (Wildman–Crippen MR) is 81.5 cm³/mol. The lowest BCUT2D eigenvalue weighted by Gasteiger charge is -2.19. The van der Waals surface area contributed by atoms with Crippen LogP contribution in [0.2, 0.25) is 0 Å². The van der Waals surface area contributed by atoms with Crippen molar-refractivity contribution in [3.8, 4) is 0 Å². The van der Waals surface area contributed by atoms with E-state index in [0.29, 0.717) is 5.92 Å². The van der Waals surface area contributed by atoms with Crippen molar-refractivity contribution in [1.29, 1.82) is 0 Å². The van der Waals surface area contributed by atoms with E-state index in [1.165, 1.54) is 47.9 Å². The second-order valence-corrected chi connectivity index (χ2v) is 7.00. The number of aromatic nitrogens is 4. The van der Waals surface area contributed by atoms with Crippen molar-refractivity contribution in [3.05, 3.63) is 22.6 Å². The highest BCUT2D eigenvalue weighted by molar-refractivity contribution is 7.18. The summed E-state index contributed by atoms with van der Waals surface area (Å²) in [7, 11) is 0. The zero-order valence-electron chi connectivity index (χ0n) is 11.9. The molecule has 3 heterocycles. The molecule has 0 radical (unpaired) electrons. The lowest BCUT2D eigenvalue weighted by atomic mass is 9.89. The van der Waals surface area contributed by atoms with Gasteiger partial charge in [-0.3, -0.25) is 4.40 Å². The third-order valence-corrected chi connectivity index (χ3v) is 5.69. The molecular weight excluding hydrogens is 268 g/mol. The third-order valence-electron chi connectivity index (χ3n) is 4.57. The Balaban J connectivity index is 1.94. The standard InChI is InChI=1S/C15H18N4S/c1-9-10(2)20-15-12(9)14-18-17-13(19(14)8-16-15)11-6-4-3-5-7-11/h8,11H,3-7H2,1-2H3. The Kier molecular flexibility index (Phi) is 2.77. The first-order valence-electron chi connectivity index (χ1n) is 7.35. The SMILES string of the molecule is Cc1sc2ncn3c(C4CCCCC4)nnc3c2c1C. The van der Waals surface area contributed by atoms with Gasteiger partial charge in [-0.1, -0.05) is 19.3 Å². The molecule has 0 unspecified atom stereocenters. The molecule has 1 saturated carbocycles. The maximum absolute atomic E-state index is 4.62. The molecule has 0 bridgehead atoms. The first kappa shape index (κ1) is 12.3. The Morgan fingerprint density at radius 3 is 2.75 bits per heavy atom. The summed E-state index contributed by atoms with van der Waals surface area (Å²) >= 11 is 1.75. The molecule has 4 nitrogen and oxygen atoms in total. The van der Waals surface area contributed by atoms with Gasteiger partial charge in [-0.15, -0.1) is 21.5 Å². The minimum Gasteiger partial charge on any atom is -0.268 e.